The van der Waals surface area contributed by atoms with E-state index in [4.69, 9.17) is 122 Å². The van der Waals surface area contributed by atoms with E-state index >= 15 is 0 Å². The highest BCUT2D eigenvalue weighted by Gasteiger charge is 2.12. The van der Waals surface area contributed by atoms with E-state index in [1.165, 1.54) is 0 Å². The highest BCUT2D eigenvalue weighted by atomic mass is 19.1. The van der Waals surface area contributed by atoms with Gasteiger partial charge in [0.05, 0.1) is 338 Å². The van der Waals surface area contributed by atoms with Gasteiger partial charge in [-0.15, -0.1) is 0 Å². The van der Waals surface area contributed by atoms with Crippen molar-refractivity contribution in [2.24, 2.45) is 0 Å². The lowest BCUT2D eigenvalue weighted by Crippen LogP contribution is -2.39. The van der Waals surface area contributed by atoms with Crippen LogP contribution >= 0.6 is 0 Å². The van der Waals surface area contributed by atoms with Crippen LogP contribution < -0.4 is 60.3 Å². The van der Waals surface area contributed by atoms with E-state index in [1.807, 2.05) is 0 Å². The molecule has 0 heterocycles. The number of hydrogen-bond donors (Lipinski definition) is 12. The third-order valence-electron chi connectivity index (χ3n) is 9.60. The summed E-state index contributed by atoms with van der Waals surface area (Å²) in [5, 5.41) is 207. The molecule has 0 aromatic heterocycles. The molecule has 0 unspecified atom stereocenters. The number of amidine groups is 12. The van der Waals surface area contributed by atoms with Crippen molar-refractivity contribution in [2.45, 2.75) is 0 Å². The maximum absolute atomic E-state index is 9.89. The largest absolute Gasteiger partial charge is 0.867 e. The Morgan fingerprint density at radius 2 is 0.167 bits per heavy atom. The van der Waals surface area contributed by atoms with Crippen molar-refractivity contribution in [2.75, 3.05) is 338 Å². The lowest BCUT2D eigenvalue weighted by Gasteiger charge is -2.09. The van der Waals surface area contributed by atoms with Crippen molar-refractivity contribution in [1.29, 1.82) is 0 Å². The normalized spacial score (nSPS) is 8.15. The van der Waals surface area contributed by atoms with E-state index in [2.05, 4.69) is 0 Å². The van der Waals surface area contributed by atoms with Crippen LogP contribution in [0.3, 0.4) is 0 Å². The summed E-state index contributed by atoms with van der Waals surface area (Å²) in [6.07, 6.45) is 0. The first kappa shape index (κ1) is 155. The molecular weight excluding hydrogens is 1620 g/mol. The number of aliphatic hydroxyl groups excluding tert-OH is 12. The third kappa shape index (κ3) is 168. The zero-order valence-corrected chi connectivity index (χ0v) is 80.7. The molecule has 48 nitrogen and oxygen atoms in total. The first-order valence-corrected chi connectivity index (χ1v) is 33.7. The molecular formula is C60H156B6F6N24O24. The Bertz CT molecular complexity index is 2180. The van der Waals surface area contributed by atoms with Crippen LogP contribution in [0.2, 0.25) is 0 Å². The Hall–Kier alpha value is -9.27. The van der Waals surface area contributed by atoms with Crippen LogP contribution in [0, 0.1) is 0 Å². The molecule has 0 aromatic carbocycles. The van der Waals surface area contributed by atoms with Crippen molar-refractivity contribution in [3.05, 3.63) is 0 Å². The van der Waals surface area contributed by atoms with Crippen LogP contribution in [-0.2, 0) is 0 Å². The van der Waals surface area contributed by atoms with Gasteiger partial charge in [-0.2, -0.15) is 0 Å². The van der Waals surface area contributed by atoms with Gasteiger partial charge in [0.2, 0.25) is 0 Å². The van der Waals surface area contributed by atoms with Crippen LogP contribution in [0.5, 0.6) is 0 Å². The molecule has 0 aliphatic rings. The van der Waals surface area contributed by atoms with Crippen molar-refractivity contribution in [3.8, 4) is 0 Å². The van der Waals surface area contributed by atoms with Gasteiger partial charge in [-0.3, -0.25) is 0 Å². The molecule has 0 saturated heterocycles. The minimum Gasteiger partial charge on any atom is -0.867 e. The fourth-order valence-electron chi connectivity index (χ4n) is 4.80. The summed E-state index contributed by atoms with van der Waals surface area (Å²) in [5.41, 5.74) is 0. The molecule has 0 aliphatic carbocycles. The summed E-state index contributed by atoms with van der Waals surface area (Å²) in [4.78, 5) is 19.7. The monoisotopic (exact) mass is 1780 g/mol. The topological polar surface area (TPSA) is 594 Å². The number of rotatable bonds is 0. The van der Waals surface area contributed by atoms with E-state index in [-0.39, 0.29) is 72.3 Å². The Labute approximate surface area is 713 Å². The van der Waals surface area contributed by atoms with Crippen LogP contribution in [0.15, 0.2) is 0 Å². The van der Waals surface area contributed by atoms with Gasteiger partial charge in [0, 0.05) is 0 Å². The van der Waals surface area contributed by atoms with Crippen LogP contribution in [0.1, 0.15) is 0 Å². The Kier molecular flexibility index (Phi) is 123. The highest BCUT2D eigenvalue weighted by molar-refractivity contribution is 6.28. The Balaban J connectivity index is -0.0000000577. The summed E-state index contributed by atoms with van der Waals surface area (Å²) in [7, 11) is 66.8. The summed E-state index contributed by atoms with van der Waals surface area (Å²) < 4.78 is 79.0. The maximum atomic E-state index is 9.89. The lowest BCUT2D eigenvalue weighted by atomic mass is 10.3. The molecule has 60 heteroatoms. The number of nitrogens with zero attached hydrogens (tertiary/aromatic N) is 24. The molecule has 120 heavy (non-hydrogen) atoms. The van der Waals surface area contributed by atoms with E-state index in [0.29, 0.717) is 0 Å². The van der Waals surface area contributed by atoms with Crippen molar-refractivity contribution in [3.63, 3.8) is 0 Å². The summed E-state index contributed by atoms with van der Waals surface area (Å²) in [6.45, 7) is 0. The van der Waals surface area contributed by atoms with Gasteiger partial charge >= 0.3 is 72.3 Å². The van der Waals surface area contributed by atoms with Gasteiger partial charge in [0.1, 0.15) is 44.4 Å². The molecule has 0 saturated carbocycles. The summed E-state index contributed by atoms with van der Waals surface area (Å²) >= 11 is 0. The minimum absolute atomic E-state index is 0.269. The van der Waals surface area contributed by atoms with Gasteiger partial charge in [0.25, 0.3) is 0 Å². The second-order valence-corrected chi connectivity index (χ2v) is 26.7. The number of hydrogen-bond acceptors (Lipinski definition) is 12. The molecule has 0 rings (SSSR count). The highest BCUT2D eigenvalue weighted by Crippen LogP contribution is 1.80. The van der Waals surface area contributed by atoms with Crippen molar-refractivity contribution in [1.82, 2.24) is 58.8 Å². The minimum atomic E-state index is -3.17. The molecule has 0 aromatic rings. The lowest BCUT2D eigenvalue weighted by molar-refractivity contribution is -0.479. The fourth-order valence-corrected chi connectivity index (χ4v) is 4.80. The van der Waals surface area contributed by atoms with Gasteiger partial charge in [-0.1, -0.05) is 0 Å². The molecule has 0 spiro atoms. The zero-order chi connectivity index (χ0) is 102. The van der Waals surface area contributed by atoms with Gasteiger partial charge in [-0.05, 0) is 0 Å². The molecule has 0 amide bonds. The SMILES string of the molecule is CN(C)C(O)=[N+](C)C.CN(C)C(O)=[N+](C)C.CN(C)C(O)=[N+](C)C.CN(C)C(O)=[N+](C)C.CN(C)C(O)=[N+](C)C.CN(C)C(O)=[N+](C)C.CN(C)C(O)=[N+](C)C.CN(C)C(O)=[N+](C)C.CN(C)C(O)=[N+](C)C.CN(C)C(O)=[N+](C)C.CN(C)C(O)=[N+](C)C.CN(C)C(O)=[N+](C)C.[O-]B([O-])F.[O-]B([O-])F.[O-]B([O-])F.[O-]B([O-])F.[O-]B([O-])F.[O-]B([O-])F. The standard InChI is InChI=1S/12C5H12N2O.6BFO2/c12*1-6(2)5(8)7(3)4;6*2-1(3)4/h12*1-4H3;;;;;;/q;;;;;;;;;;;;6*-2/p+12. The molecule has 0 aliphatic heterocycles. The Morgan fingerprint density at radius 1 is 0.142 bits per heavy atom. The maximum Gasteiger partial charge on any atom is 0.442 e. The summed E-state index contributed by atoms with van der Waals surface area (Å²) in [6, 6.07) is 3.22. The van der Waals surface area contributed by atoms with E-state index in [9.17, 15) is 25.9 Å². The second kappa shape index (κ2) is 95.2. The molecule has 720 valence electrons. The van der Waals surface area contributed by atoms with Gasteiger partial charge in [-0.25, -0.2) is 114 Å². The third-order valence-corrected chi connectivity index (χ3v) is 9.60. The smallest absolute Gasteiger partial charge is 0.442 e. The van der Waals surface area contributed by atoms with E-state index in [0.717, 1.165) is 0 Å². The van der Waals surface area contributed by atoms with Crippen molar-refractivity contribution < 1.29 is 202 Å². The Morgan fingerprint density at radius 3 is 0.167 bits per heavy atom. The number of halogens is 6. The molecule has 0 atom stereocenters. The first-order chi connectivity index (χ1) is 53.0. The van der Waals surface area contributed by atoms with Gasteiger partial charge < -0.3 is 147 Å². The fraction of sp³-hybridized carbons (Fsp3) is 0.800. The molecule has 0 bridgehead atoms. The quantitative estimate of drug-likeness (QED) is 0.0352. The predicted octanol–water partition coefficient (Wildman–Crippen LogP) is -17.2. The molecule has 0 fully saturated rings. The molecule has 0 radical (unpaired) electrons. The second-order valence-electron chi connectivity index (χ2n) is 26.7. The predicted molar refractivity (Wildman–Crippen MR) is 442 cm³/mol. The van der Waals surface area contributed by atoms with Crippen LogP contribution in [-0.4, -0.2) is 630 Å². The van der Waals surface area contributed by atoms with E-state index in [1.54, 1.807) is 452 Å². The van der Waals surface area contributed by atoms with E-state index < -0.39 is 44.4 Å². The number of aliphatic hydroxyl groups is 12. The van der Waals surface area contributed by atoms with Crippen LogP contribution in [0.25, 0.3) is 0 Å². The zero-order valence-electron chi connectivity index (χ0n) is 80.7. The first-order valence-electron chi connectivity index (χ1n) is 33.7. The molecule has 12 N–H and O–H groups in total. The average molecular weight is 1780 g/mol. The van der Waals surface area contributed by atoms with Crippen LogP contribution in [0.4, 0.5) is 25.9 Å². The average Bonchev–Trinajstić information content (AvgIpc) is 1.10. The summed E-state index contributed by atoms with van der Waals surface area (Å²) in [5.74, 6) is 0. The van der Waals surface area contributed by atoms with Gasteiger partial charge in [0.15, 0.2) is 0 Å². The van der Waals surface area contributed by atoms with Crippen molar-refractivity contribution >= 4 is 117 Å².